The zero-order valence-electron chi connectivity index (χ0n) is 17.3. The van der Waals surface area contributed by atoms with Gasteiger partial charge >= 0.3 is 0 Å². The van der Waals surface area contributed by atoms with Crippen LogP contribution in [0.15, 0.2) is 66.0 Å². The molecule has 1 amide bonds. The topological polar surface area (TPSA) is 82.0 Å². The third-order valence-corrected chi connectivity index (χ3v) is 4.80. The number of carbonyl (C=O) groups excluding carboxylic acids is 1. The molecule has 0 saturated heterocycles. The van der Waals surface area contributed by atoms with E-state index in [0.29, 0.717) is 58.1 Å². The van der Waals surface area contributed by atoms with Gasteiger partial charge in [-0.25, -0.2) is 5.43 Å². The summed E-state index contributed by atoms with van der Waals surface area (Å²) >= 11 is 12.4. The van der Waals surface area contributed by atoms with Crippen LogP contribution < -0.4 is 19.6 Å². The Morgan fingerprint density at radius 1 is 1.03 bits per heavy atom. The SMILES string of the molecule is COc1cc(C=NNC(=O)c2ccncc2)cc(Cl)c1OCCCOc1ccccc1Cl. The van der Waals surface area contributed by atoms with Gasteiger partial charge in [-0.2, -0.15) is 5.10 Å². The first kappa shape index (κ1) is 23.4. The van der Waals surface area contributed by atoms with E-state index in [9.17, 15) is 4.79 Å². The standard InChI is InChI=1S/C23H21Cl2N3O4/c1-30-21-14-16(15-27-28-23(29)17-7-9-26-10-8-17)13-19(25)22(21)32-12-4-11-31-20-6-3-2-5-18(20)24/h2-3,5-10,13-15H,4,11-12H2,1H3,(H,28,29). The molecule has 1 N–H and O–H groups in total. The zero-order chi connectivity index (χ0) is 22.8. The van der Waals surface area contributed by atoms with Gasteiger partial charge in [0.1, 0.15) is 5.75 Å². The number of halogens is 2. The minimum Gasteiger partial charge on any atom is -0.493 e. The lowest BCUT2D eigenvalue weighted by Gasteiger charge is -2.13. The summed E-state index contributed by atoms with van der Waals surface area (Å²) in [6.07, 6.45) is 5.15. The van der Waals surface area contributed by atoms with Crippen LogP contribution >= 0.6 is 23.2 Å². The van der Waals surface area contributed by atoms with Crippen LogP contribution in [0.2, 0.25) is 10.0 Å². The van der Waals surface area contributed by atoms with Crippen molar-refractivity contribution in [3.8, 4) is 17.2 Å². The van der Waals surface area contributed by atoms with Crippen molar-refractivity contribution in [2.45, 2.75) is 6.42 Å². The molecule has 9 heteroatoms. The first-order valence-corrected chi connectivity index (χ1v) is 10.4. The quantitative estimate of drug-likeness (QED) is 0.254. The molecule has 0 aliphatic carbocycles. The molecule has 0 unspecified atom stereocenters. The minimum atomic E-state index is -0.347. The number of para-hydroxylation sites is 1. The average Bonchev–Trinajstić information content (AvgIpc) is 2.81. The monoisotopic (exact) mass is 473 g/mol. The summed E-state index contributed by atoms with van der Waals surface area (Å²) in [5, 5.41) is 4.88. The van der Waals surface area contributed by atoms with Gasteiger partial charge in [-0.05, 0) is 42.0 Å². The van der Waals surface area contributed by atoms with Crippen LogP contribution in [0, 0.1) is 0 Å². The van der Waals surface area contributed by atoms with Crippen LogP contribution in [0.5, 0.6) is 17.2 Å². The maximum absolute atomic E-state index is 12.0. The van der Waals surface area contributed by atoms with Crippen LogP contribution in [0.1, 0.15) is 22.3 Å². The number of nitrogens with one attached hydrogen (secondary N) is 1. The van der Waals surface area contributed by atoms with Gasteiger partial charge in [-0.1, -0.05) is 35.3 Å². The highest BCUT2D eigenvalue weighted by atomic mass is 35.5. The number of nitrogens with zero attached hydrogens (tertiary/aromatic N) is 2. The number of carbonyl (C=O) groups is 1. The normalized spacial score (nSPS) is 10.7. The van der Waals surface area contributed by atoms with Crippen molar-refractivity contribution < 1.29 is 19.0 Å². The smallest absolute Gasteiger partial charge is 0.271 e. The summed E-state index contributed by atoms with van der Waals surface area (Å²) in [5.41, 5.74) is 3.54. The highest BCUT2D eigenvalue weighted by molar-refractivity contribution is 6.32. The second-order valence-corrected chi connectivity index (χ2v) is 7.26. The fraction of sp³-hybridized carbons (Fsp3) is 0.174. The molecule has 0 bridgehead atoms. The van der Waals surface area contributed by atoms with Gasteiger partial charge in [0.15, 0.2) is 11.5 Å². The summed E-state index contributed by atoms with van der Waals surface area (Å²) in [6, 6.07) is 13.8. The Morgan fingerprint density at radius 3 is 2.53 bits per heavy atom. The Labute approximate surface area is 195 Å². The van der Waals surface area contributed by atoms with E-state index in [1.807, 2.05) is 18.2 Å². The molecule has 0 atom stereocenters. The van der Waals surface area contributed by atoms with Gasteiger partial charge in [-0.15, -0.1) is 0 Å². The molecular formula is C23H21Cl2N3O4. The van der Waals surface area contributed by atoms with E-state index in [2.05, 4.69) is 15.5 Å². The van der Waals surface area contributed by atoms with Crippen molar-refractivity contribution >= 4 is 35.3 Å². The van der Waals surface area contributed by atoms with Crippen molar-refractivity contribution in [2.24, 2.45) is 5.10 Å². The largest absolute Gasteiger partial charge is 0.493 e. The van der Waals surface area contributed by atoms with Gasteiger partial charge in [0.2, 0.25) is 0 Å². The predicted octanol–water partition coefficient (Wildman–Crippen LogP) is 5.01. The Hall–Kier alpha value is -3.29. The summed E-state index contributed by atoms with van der Waals surface area (Å²) in [6.45, 7) is 0.807. The highest BCUT2D eigenvalue weighted by Crippen LogP contribution is 2.36. The Bertz CT molecular complexity index is 1080. The van der Waals surface area contributed by atoms with Gasteiger partial charge < -0.3 is 14.2 Å². The third-order valence-electron chi connectivity index (χ3n) is 4.20. The van der Waals surface area contributed by atoms with Crippen LogP contribution in [-0.2, 0) is 0 Å². The third kappa shape index (κ3) is 6.60. The van der Waals surface area contributed by atoms with Crippen LogP contribution in [0.4, 0.5) is 0 Å². The molecule has 166 valence electrons. The van der Waals surface area contributed by atoms with E-state index in [1.54, 1.807) is 30.3 Å². The van der Waals surface area contributed by atoms with Gasteiger partial charge in [0.25, 0.3) is 5.91 Å². The molecule has 0 saturated carbocycles. The number of pyridine rings is 1. The molecule has 0 aliphatic rings. The summed E-state index contributed by atoms with van der Waals surface area (Å²) in [5.74, 6) is 1.15. The number of aromatic nitrogens is 1. The van der Waals surface area contributed by atoms with Crippen molar-refractivity contribution in [2.75, 3.05) is 20.3 Å². The molecule has 0 radical (unpaired) electrons. The maximum Gasteiger partial charge on any atom is 0.271 e. The molecule has 32 heavy (non-hydrogen) atoms. The number of hydrazone groups is 1. The number of hydrogen-bond acceptors (Lipinski definition) is 6. The highest BCUT2D eigenvalue weighted by Gasteiger charge is 2.12. The molecule has 1 heterocycles. The predicted molar refractivity (Wildman–Crippen MR) is 124 cm³/mol. The second-order valence-electron chi connectivity index (χ2n) is 6.45. The minimum absolute atomic E-state index is 0.347. The summed E-state index contributed by atoms with van der Waals surface area (Å²) in [7, 11) is 1.52. The lowest BCUT2D eigenvalue weighted by molar-refractivity contribution is 0.0955. The molecular weight excluding hydrogens is 453 g/mol. The first-order chi connectivity index (χ1) is 15.6. The molecule has 7 nitrogen and oxygen atoms in total. The maximum atomic E-state index is 12.0. The number of rotatable bonds is 10. The van der Waals surface area contributed by atoms with Crippen LogP contribution in [-0.4, -0.2) is 37.4 Å². The molecule has 0 aliphatic heterocycles. The Morgan fingerprint density at radius 2 is 1.78 bits per heavy atom. The first-order valence-electron chi connectivity index (χ1n) is 9.69. The molecule has 3 rings (SSSR count). The van der Waals surface area contributed by atoms with E-state index in [0.717, 1.165) is 0 Å². The number of methoxy groups -OCH3 is 1. The fourth-order valence-electron chi connectivity index (χ4n) is 2.66. The number of hydrogen-bond donors (Lipinski definition) is 1. The summed E-state index contributed by atoms with van der Waals surface area (Å²) < 4.78 is 16.8. The molecule has 3 aromatic rings. The van der Waals surface area contributed by atoms with Gasteiger partial charge in [0, 0.05) is 24.4 Å². The number of amides is 1. The lowest BCUT2D eigenvalue weighted by atomic mass is 10.2. The fourth-order valence-corrected chi connectivity index (χ4v) is 3.13. The number of benzene rings is 2. The molecule has 1 aromatic heterocycles. The van der Waals surface area contributed by atoms with Gasteiger partial charge in [0.05, 0.1) is 36.6 Å². The molecule has 0 fully saturated rings. The Balaban J connectivity index is 1.54. The molecule has 0 spiro atoms. The molecule has 2 aromatic carbocycles. The van der Waals surface area contributed by atoms with Crippen LogP contribution in [0.25, 0.3) is 0 Å². The number of ether oxygens (including phenoxy) is 3. The van der Waals surface area contributed by atoms with Crippen LogP contribution in [0.3, 0.4) is 0 Å². The second kappa shape index (κ2) is 11.9. The van der Waals surface area contributed by atoms with E-state index >= 15 is 0 Å². The van der Waals surface area contributed by atoms with Crippen molar-refractivity contribution in [3.63, 3.8) is 0 Å². The van der Waals surface area contributed by atoms with E-state index in [1.165, 1.54) is 25.7 Å². The summed E-state index contributed by atoms with van der Waals surface area (Å²) in [4.78, 5) is 15.9. The van der Waals surface area contributed by atoms with E-state index in [4.69, 9.17) is 37.4 Å². The van der Waals surface area contributed by atoms with E-state index in [-0.39, 0.29) is 5.91 Å². The van der Waals surface area contributed by atoms with Crippen molar-refractivity contribution in [1.29, 1.82) is 0 Å². The van der Waals surface area contributed by atoms with Crippen molar-refractivity contribution in [3.05, 3.63) is 82.1 Å². The lowest BCUT2D eigenvalue weighted by Crippen LogP contribution is -2.17. The average molecular weight is 474 g/mol. The van der Waals surface area contributed by atoms with Gasteiger partial charge in [-0.3, -0.25) is 9.78 Å². The Kier molecular flexibility index (Phi) is 8.71. The van der Waals surface area contributed by atoms with E-state index < -0.39 is 0 Å². The van der Waals surface area contributed by atoms with Crippen molar-refractivity contribution in [1.82, 2.24) is 10.4 Å². The zero-order valence-corrected chi connectivity index (χ0v) is 18.8.